The van der Waals surface area contributed by atoms with Gasteiger partial charge in [0, 0.05) is 6.54 Å². The highest BCUT2D eigenvalue weighted by atomic mass is 32.1. The number of carbonyl (C=O) groups is 1. The third-order valence-corrected chi connectivity index (χ3v) is 5.17. The molecule has 3 aromatic rings. The monoisotopic (exact) mass is 354 g/mol. The SMILES string of the molecule is CCN(CC)Cc1ccc(C(=O)OCc2nc3ccccc3s2)cc1. The molecule has 3 rings (SSSR count). The van der Waals surface area contributed by atoms with Gasteiger partial charge in [0.1, 0.15) is 11.6 Å². The Morgan fingerprint density at radius 1 is 1.08 bits per heavy atom. The lowest BCUT2D eigenvalue weighted by Crippen LogP contribution is -2.22. The van der Waals surface area contributed by atoms with E-state index >= 15 is 0 Å². The normalized spacial score (nSPS) is 11.2. The second-order valence-corrected chi connectivity index (χ2v) is 6.92. The van der Waals surface area contributed by atoms with E-state index in [9.17, 15) is 4.79 Å². The maximum absolute atomic E-state index is 12.2. The molecule has 130 valence electrons. The van der Waals surface area contributed by atoms with Crippen molar-refractivity contribution in [2.45, 2.75) is 27.0 Å². The fraction of sp³-hybridized carbons (Fsp3) is 0.300. The van der Waals surface area contributed by atoms with Gasteiger partial charge in [0.25, 0.3) is 0 Å². The van der Waals surface area contributed by atoms with Crippen molar-refractivity contribution >= 4 is 27.5 Å². The van der Waals surface area contributed by atoms with Crippen molar-refractivity contribution in [1.82, 2.24) is 9.88 Å². The summed E-state index contributed by atoms with van der Waals surface area (Å²) in [5.41, 5.74) is 2.72. The van der Waals surface area contributed by atoms with Crippen LogP contribution in [0.2, 0.25) is 0 Å². The Bertz CT molecular complexity index is 805. The van der Waals surface area contributed by atoms with Gasteiger partial charge in [0.15, 0.2) is 0 Å². The van der Waals surface area contributed by atoms with Gasteiger partial charge in [0.05, 0.1) is 15.8 Å². The lowest BCUT2D eigenvalue weighted by molar-refractivity contribution is 0.0472. The van der Waals surface area contributed by atoms with Crippen LogP contribution in [-0.4, -0.2) is 28.9 Å². The standard InChI is InChI=1S/C20H22N2O2S/c1-3-22(4-2)13-15-9-11-16(12-10-15)20(23)24-14-19-21-17-7-5-6-8-18(17)25-19/h5-12H,3-4,13-14H2,1-2H3. The van der Waals surface area contributed by atoms with Crippen LogP contribution >= 0.6 is 11.3 Å². The van der Waals surface area contributed by atoms with Gasteiger partial charge < -0.3 is 4.74 Å². The molecular weight excluding hydrogens is 332 g/mol. The summed E-state index contributed by atoms with van der Waals surface area (Å²) in [7, 11) is 0. The molecule has 0 spiro atoms. The Kier molecular flexibility index (Phi) is 5.79. The van der Waals surface area contributed by atoms with E-state index in [-0.39, 0.29) is 12.6 Å². The molecule has 0 aliphatic rings. The van der Waals surface area contributed by atoms with Crippen LogP contribution in [0.15, 0.2) is 48.5 Å². The van der Waals surface area contributed by atoms with E-state index < -0.39 is 0 Å². The summed E-state index contributed by atoms with van der Waals surface area (Å²) < 4.78 is 6.51. The van der Waals surface area contributed by atoms with Gasteiger partial charge in [0.2, 0.25) is 0 Å². The van der Waals surface area contributed by atoms with E-state index in [0.29, 0.717) is 5.56 Å². The first-order valence-electron chi connectivity index (χ1n) is 8.52. The van der Waals surface area contributed by atoms with Crippen LogP contribution in [0.3, 0.4) is 0 Å². The number of thiazole rings is 1. The fourth-order valence-corrected chi connectivity index (χ4v) is 3.52. The predicted octanol–water partition coefficient (Wildman–Crippen LogP) is 4.50. The lowest BCUT2D eigenvalue weighted by atomic mass is 10.1. The van der Waals surface area contributed by atoms with Crippen LogP contribution in [-0.2, 0) is 17.9 Å². The minimum absolute atomic E-state index is 0.208. The van der Waals surface area contributed by atoms with Crippen LogP contribution in [0.25, 0.3) is 10.2 Å². The molecule has 0 aliphatic heterocycles. The third kappa shape index (κ3) is 4.44. The molecule has 0 saturated heterocycles. The number of fused-ring (bicyclic) bond motifs is 1. The summed E-state index contributed by atoms with van der Waals surface area (Å²) >= 11 is 1.55. The lowest BCUT2D eigenvalue weighted by Gasteiger charge is -2.17. The molecule has 2 aromatic carbocycles. The van der Waals surface area contributed by atoms with E-state index in [1.807, 2.05) is 48.5 Å². The summed E-state index contributed by atoms with van der Waals surface area (Å²) in [5, 5.41) is 0.813. The average molecular weight is 354 g/mol. The molecule has 0 bridgehead atoms. The number of esters is 1. The van der Waals surface area contributed by atoms with Gasteiger partial charge in [-0.3, -0.25) is 4.90 Å². The number of aromatic nitrogens is 1. The Morgan fingerprint density at radius 2 is 1.80 bits per heavy atom. The first-order valence-corrected chi connectivity index (χ1v) is 9.34. The first-order chi connectivity index (χ1) is 12.2. The third-order valence-electron chi connectivity index (χ3n) is 4.16. The van der Waals surface area contributed by atoms with Crippen molar-refractivity contribution in [3.8, 4) is 0 Å². The number of hydrogen-bond acceptors (Lipinski definition) is 5. The number of ether oxygens (including phenoxy) is 1. The number of hydrogen-bond donors (Lipinski definition) is 0. The number of rotatable bonds is 7. The number of benzene rings is 2. The molecule has 25 heavy (non-hydrogen) atoms. The van der Waals surface area contributed by atoms with Crippen molar-refractivity contribution in [3.05, 3.63) is 64.7 Å². The molecule has 0 saturated carbocycles. The van der Waals surface area contributed by atoms with Gasteiger partial charge in [-0.2, -0.15) is 0 Å². The van der Waals surface area contributed by atoms with Crippen LogP contribution in [0, 0.1) is 0 Å². The van der Waals surface area contributed by atoms with E-state index in [4.69, 9.17) is 4.74 Å². The number of nitrogens with zero attached hydrogens (tertiary/aromatic N) is 2. The van der Waals surface area contributed by atoms with Gasteiger partial charge in [-0.05, 0) is 42.9 Å². The second-order valence-electron chi connectivity index (χ2n) is 5.81. The Morgan fingerprint density at radius 3 is 2.48 bits per heavy atom. The molecule has 1 heterocycles. The summed E-state index contributed by atoms with van der Waals surface area (Å²) in [6.45, 7) is 7.44. The highest BCUT2D eigenvalue weighted by Crippen LogP contribution is 2.22. The van der Waals surface area contributed by atoms with E-state index in [2.05, 4.69) is 23.7 Å². The highest BCUT2D eigenvalue weighted by Gasteiger charge is 2.10. The zero-order valence-electron chi connectivity index (χ0n) is 14.6. The molecule has 4 nitrogen and oxygen atoms in total. The zero-order valence-corrected chi connectivity index (χ0v) is 15.4. The topological polar surface area (TPSA) is 42.4 Å². The van der Waals surface area contributed by atoms with Crippen LogP contribution in [0.5, 0.6) is 0 Å². The van der Waals surface area contributed by atoms with E-state index in [0.717, 1.165) is 34.9 Å². The molecule has 0 fully saturated rings. The van der Waals surface area contributed by atoms with Crippen molar-refractivity contribution in [2.24, 2.45) is 0 Å². The van der Waals surface area contributed by atoms with Crippen molar-refractivity contribution in [1.29, 1.82) is 0 Å². The van der Waals surface area contributed by atoms with Crippen LogP contribution in [0.4, 0.5) is 0 Å². The van der Waals surface area contributed by atoms with Gasteiger partial charge in [-0.25, -0.2) is 9.78 Å². The van der Waals surface area contributed by atoms with Gasteiger partial charge in [-0.15, -0.1) is 11.3 Å². The summed E-state index contributed by atoms with van der Waals surface area (Å²) in [5.74, 6) is -0.311. The smallest absolute Gasteiger partial charge is 0.338 e. The highest BCUT2D eigenvalue weighted by molar-refractivity contribution is 7.18. The molecular formula is C20H22N2O2S. The zero-order chi connectivity index (χ0) is 17.6. The average Bonchev–Trinajstić information content (AvgIpc) is 3.07. The quantitative estimate of drug-likeness (QED) is 0.586. The molecule has 0 atom stereocenters. The minimum Gasteiger partial charge on any atom is -0.455 e. The molecule has 0 N–H and O–H groups in total. The molecule has 1 aromatic heterocycles. The van der Waals surface area contributed by atoms with Crippen LogP contribution < -0.4 is 0 Å². The van der Waals surface area contributed by atoms with Crippen LogP contribution in [0.1, 0.15) is 34.8 Å². The molecule has 5 heteroatoms. The van der Waals surface area contributed by atoms with Crippen molar-refractivity contribution in [2.75, 3.05) is 13.1 Å². The molecule has 0 unspecified atom stereocenters. The number of carbonyl (C=O) groups excluding carboxylic acids is 1. The predicted molar refractivity (Wildman–Crippen MR) is 102 cm³/mol. The van der Waals surface area contributed by atoms with E-state index in [1.54, 1.807) is 11.3 Å². The summed E-state index contributed by atoms with van der Waals surface area (Å²) in [4.78, 5) is 19.0. The largest absolute Gasteiger partial charge is 0.455 e. The Balaban J connectivity index is 1.59. The second kappa shape index (κ2) is 8.23. The Hall–Kier alpha value is -2.24. The molecule has 0 aliphatic carbocycles. The molecule has 0 amide bonds. The fourth-order valence-electron chi connectivity index (χ4n) is 2.64. The maximum atomic E-state index is 12.2. The minimum atomic E-state index is -0.311. The number of para-hydroxylation sites is 1. The summed E-state index contributed by atoms with van der Waals surface area (Å²) in [6.07, 6.45) is 0. The maximum Gasteiger partial charge on any atom is 0.338 e. The Labute approximate surface area is 152 Å². The molecule has 0 radical (unpaired) electrons. The van der Waals surface area contributed by atoms with Gasteiger partial charge >= 0.3 is 5.97 Å². The summed E-state index contributed by atoms with van der Waals surface area (Å²) in [6, 6.07) is 15.6. The van der Waals surface area contributed by atoms with Gasteiger partial charge in [-0.1, -0.05) is 38.1 Å². The first kappa shape index (κ1) is 17.6. The van der Waals surface area contributed by atoms with E-state index in [1.165, 1.54) is 5.56 Å². The van der Waals surface area contributed by atoms with Crippen molar-refractivity contribution in [3.63, 3.8) is 0 Å². The van der Waals surface area contributed by atoms with Crippen molar-refractivity contribution < 1.29 is 9.53 Å².